The lowest BCUT2D eigenvalue weighted by atomic mass is 9.80. The number of hydrogen-bond donors (Lipinski definition) is 0. The van der Waals surface area contributed by atoms with E-state index in [-0.39, 0.29) is 0 Å². The van der Waals surface area contributed by atoms with Crippen LogP contribution in [0.25, 0.3) is 0 Å². The Labute approximate surface area is 152 Å². The number of rotatable bonds is 11. The third-order valence-electron chi connectivity index (χ3n) is 6.74. The van der Waals surface area contributed by atoms with E-state index in [0.29, 0.717) is 6.10 Å². The summed E-state index contributed by atoms with van der Waals surface area (Å²) < 4.78 is 6.31. The molecule has 0 amide bonds. The van der Waals surface area contributed by atoms with Gasteiger partial charge in [0.15, 0.2) is 0 Å². The van der Waals surface area contributed by atoms with Crippen LogP contribution < -0.4 is 0 Å². The summed E-state index contributed by atoms with van der Waals surface area (Å²) in [6.07, 6.45) is 23.4. The Bertz CT molecular complexity index is 284. The Kier molecular flexibility index (Phi) is 10.4. The quantitative estimate of drug-likeness (QED) is 0.354. The van der Waals surface area contributed by atoms with E-state index < -0.39 is 0 Å². The van der Waals surface area contributed by atoms with Gasteiger partial charge < -0.3 is 4.74 Å². The van der Waals surface area contributed by atoms with E-state index in [2.05, 4.69) is 13.8 Å². The van der Waals surface area contributed by atoms with Crippen LogP contribution in [0.2, 0.25) is 0 Å². The van der Waals surface area contributed by atoms with Gasteiger partial charge in [-0.3, -0.25) is 0 Å². The minimum atomic E-state index is 0.592. The number of hydrogen-bond acceptors (Lipinski definition) is 1. The first-order valence-corrected chi connectivity index (χ1v) is 11.4. The number of unbranched alkanes of at least 4 members (excludes halogenated alkanes) is 4. The summed E-state index contributed by atoms with van der Waals surface area (Å²) in [7, 11) is 0. The van der Waals surface area contributed by atoms with E-state index in [0.717, 1.165) is 24.4 Å². The van der Waals surface area contributed by atoms with E-state index in [1.165, 1.54) is 103 Å². The standard InChI is InChI=1S/C23H44O/c1-3-5-6-7-8-10-21-11-13-22(14-12-21)19-24-23-17-15-20(9-4-2)16-18-23/h20-23H,3-19H2,1-2H3. The maximum atomic E-state index is 6.31. The van der Waals surface area contributed by atoms with Gasteiger partial charge in [0.2, 0.25) is 0 Å². The molecule has 0 N–H and O–H groups in total. The molecule has 0 unspecified atom stereocenters. The van der Waals surface area contributed by atoms with Gasteiger partial charge in [0, 0.05) is 6.61 Å². The molecule has 0 aliphatic heterocycles. The van der Waals surface area contributed by atoms with Crippen molar-refractivity contribution in [1.29, 1.82) is 0 Å². The van der Waals surface area contributed by atoms with Gasteiger partial charge in [0.1, 0.15) is 0 Å². The van der Waals surface area contributed by atoms with Crippen molar-refractivity contribution >= 4 is 0 Å². The number of ether oxygens (including phenoxy) is 1. The average Bonchev–Trinajstić information content (AvgIpc) is 2.62. The van der Waals surface area contributed by atoms with Crippen molar-refractivity contribution in [3.8, 4) is 0 Å². The van der Waals surface area contributed by atoms with Crippen LogP contribution in [0.4, 0.5) is 0 Å². The molecule has 0 heterocycles. The first kappa shape index (κ1) is 20.3. The minimum absolute atomic E-state index is 0.592. The molecule has 0 aromatic rings. The van der Waals surface area contributed by atoms with Crippen molar-refractivity contribution in [3.05, 3.63) is 0 Å². The lowest BCUT2D eigenvalue weighted by Gasteiger charge is -2.32. The fourth-order valence-electron chi connectivity index (χ4n) is 4.99. The highest BCUT2D eigenvalue weighted by Gasteiger charge is 2.24. The van der Waals surface area contributed by atoms with Gasteiger partial charge in [-0.2, -0.15) is 0 Å². The molecule has 2 fully saturated rings. The molecule has 0 saturated heterocycles. The Morgan fingerprint density at radius 1 is 0.583 bits per heavy atom. The van der Waals surface area contributed by atoms with Gasteiger partial charge in [-0.25, -0.2) is 0 Å². The fourth-order valence-corrected chi connectivity index (χ4v) is 4.99. The largest absolute Gasteiger partial charge is 0.378 e. The summed E-state index contributed by atoms with van der Waals surface area (Å²) in [5, 5.41) is 0. The SMILES string of the molecule is CCCCCCCC1CCC(COC2CCC(CCC)CC2)CC1. The Balaban J connectivity index is 1.48. The van der Waals surface area contributed by atoms with E-state index in [1.807, 2.05) is 0 Å². The molecule has 0 spiro atoms. The Morgan fingerprint density at radius 3 is 1.83 bits per heavy atom. The van der Waals surface area contributed by atoms with Crippen LogP contribution in [0.15, 0.2) is 0 Å². The third-order valence-corrected chi connectivity index (χ3v) is 6.74. The van der Waals surface area contributed by atoms with Gasteiger partial charge in [0.05, 0.1) is 6.10 Å². The van der Waals surface area contributed by atoms with E-state index >= 15 is 0 Å². The first-order chi connectivity index (χ1) is 11.8. The molecule has 0 aromatic heterocycles. The molecular weight excluding hydrogens is 292 g/mol. The molecule has 0 aromatic carbocycles. The molecule has 2 aliphatic rings. The van der Waals surface area contributed by atoms with Crippen LogP contribution in [0, 0.1) is 17.8 Å². The average molecular weight is 337 g/mol. The normalized spacial score (nSPS) is 31.2. The zero-order valence-corrected chi connectivity index (χ0v) is 16.7. The zero-order valence-electron chi connectivity index (χ0n) is 16.7. The molecule has 2 saturated carbocycles. The highest BCUT2D eigenvalue weighted by atomic mass is 16.5. The van der Waals surface area contributed by atoms with Gasteiger partial charge in [0.25, 0.3) is 0 Å². The molecule has 142 valence electrons. The van der Waals surface area contributed by atoms with Crippen LogP contribution in [0.5, 0.6) is 0 Å². The summed E-state index contributed by atoms with van der Waals surface area (Å²) >= 11 is 0. The smallest absolute Gasteiger partial charge is 0.0575 e. The van der Waals surface area contributed by atoms with Crippen molar-refractivity contribution in [2.45, 2.75) is 123 Å². The van der Waals surface area contributed by atoms with Gasteiger partial charge in [-0.15, -0.1) is 0 Å². The lowest BCUT2D eigenvalue weighted by molar-refractivity contribution is -0.0103. The molecule has 0 atom stereocenters. The maximum Gasteiger partial charge on any atom is 0.0575 e. The van der Waals surface area contributed by atoms with Gasteiger partial charge in [-0.05, 0) is 56.3 Å². The second-order valence-electron chi connectivity index (χ2n) is 8.85. The molecule has 24 heavy (non-hydrogen) atoms. The summed E-state index contributed by atoms with van der Waals surface area (Å²) in [6.45, 7) is 5.69. The summed E-state index contributed by atoms with van der Waals surface area (Å²) in [5.74, 6) is 2.91. The minimum Gasteiger partial charge on any atom is -0.378 e. The van der Waals surface area contributed by atoms with E-state index in [4.69, 9.17) is 4.74 Å². The van der Waals surface area contributed by atoms with Crippen molar-refractivity contribution in [3.63, 3.8) is 0 Å². The van der Waals surface area contributed by atoms with Crippen LogP contribution in [-0.4, -0.2) is 12.7 Å². The maximum absolute atomic E-state index is 6.31. The summed E-state index contributed by atoms with van der Waals surface area (Å²) in [4.78, 5) is 0. The first-order valence-electron chi connectivity index (χ1n) is 11.4. The second-order valence-corrected chi connectivity index (χ2v) is 8.85. The van der Waals surface area contributed by atoms with Crippen LogP contribution in [0.1, 0.15) is 117 Å². The topological polar surface area (TPSA) is 9.23 Å². The predicted octanol–water partition coefficient (Wildman–Crippen LogP) is 7.53. The molecule has 2 rings (SSSR count). The monoisotopic (exact) mass is 336 g/mol. The van der Waals surface area contributed by atoms with Crippen LogP contribution in [-0.2, 0) is 4.74 Å². The van der Waals surface area contributed by atoms with Crippen molar-refractivity contribution < 1.29 is 4.74 Å². The van der Waals surface area contributed by atoms with Crippen molar-refractivity contribution in [2.24, 2.45) is 17.8 Å². The highest BCUT2D eigenvalue weighted by Crippen LogP contribution is 2.34. The zero-order chi connectivity index (χ0) is 17.0. The van der Waals surface area contributed by atoms with Gasteiger partial charge in [-0.1, -0.05) is 78.1 Å². The molecule has 1 nitrogen and oxygen atoms in total. The summed E-state index contributed by atoms with van der Waals surface area (Å²) in [5.41, 5.74) is 0. The molecule has 0 bridgehead atoms. The Morgan fingerprint density at radius 2 is 1.17 bits per heavy atom. The van der Waals surface area contributed by atoms with Crippen LogP contribution in [0.3, 0.4) is 0 Å². The van der Waals surface area contributed by atoms with Gasteiger partial charge >= 0.3 is 0 Å². The predicted molar refractivity (Wildman–Crippen MR) is 105 cm³/mol. The molecule has 1 heteroatoms. The molecule has 2 aliphatic carbocycles. The highest BCUT2D eigenvalue weighted by molar-refractivity contribution is 4.75. The van der Waals surface area contributed by atoms with E-state index in [1.54, 1.807) is 0 Å². The summed E-state index contributed by atoms with van der Waals surface area (Å²) in [6, 6.07) is 0. The second kappa shape index (κ2) is 12.3. The third kappa shape index (κ3) is 7.89. The molecular formula is C23H44O. The van der Waals surface area contributed by atoms with Crippen molar-refractivity contribution in [1.82, 2.24) is 0 Å². The molecule has 0 radical (unpaired) electrons. The van der Waals surface area contributed by atoms with E-state index in [9.17, 15) is 0 Å². The lowest BCUT2D eigenvalue weighted by Crippen LogP contribution is -2.26. The van der Waals surface area contributed by atoms with Crippen molar-refractivity contribution in [2.75, 3.05) is 6.61 Å². The fraction of sp³-hybridized carbons (Fsp3) is 1.00. The Hall–Kier alpha value is -0.0400. The van der Waals surface area contributed by atoms with Crippen LogP contribution >= 0.6 is 0 Å².